The molecule has 0 aliphatic carbocycles. The maximum absolute atomic E-state index is 12.4. The van der Waals surface area contributed by atoms with Gasteiger partial charge in [-0.05, 0) is 42.5 Å². The van der Waals surface area contributed by atoms with Crippen molar-refractivity contribution in [2.45, 2.75) is 11.4 Å². The summed E-state index contributed by atoms with van der Waals surface area (Å²) in [5, 5.41) is 3.88. The van der Waals surface area contributed by atoms with Crippen molar-refractivity contribution in [3.8, 4) is 28.6 Å². The molecular weight excluding hydrogens is 386 g/mol. The second-order valence-electron chi connectivity index (χ2n) is 5.58. The molecule has 1 heterocycles. The number of nitrogens with one attached hydrogen (secondary N) is 1. The molecule has 0 spiro atoms. The molecule has 10 heteroatoms. The Kier molecular flexibility index (Phi) is 5.81. The molecule has 1 aromatic heterocycles. The lowest BCUT2D eigenvalue weighted by Gasteiger charge is -2.07. The number of rotatable bonds is 8. The van der Waals surface area contributed by atoms with Crippen molar-refractivity contribution in [3.05, 3.63) is 48.4 Å². The zero-order valence-corrected chi connectivity index (χ0v) is 16.3. The molecule has 2 aromatic carbocycles. The summed E-state index contributed by atoms with van der Waals surface area (Å²) in [4.78, 5) is 4.32. The first kappa shape index (κ1) is 19.6. The van der Waals surface area contributed by atoms with Gasteiger partial charge in [0.1, 0.15) is 5.75 Å². The summed E-state index contributed by atoms with van der Waals surface area (Å²) >= 11 is 0. The second kappa shape index (κ2) is 8.28. The first-order valence-electron chi connectivity index (χ1n) is 8.15. The third kappa shape index (κ3) is 4.24. The third-order valence-electron chi connectivity index (χ3n) is 3.89. The third-order valence-corrected chi connectivity index (χ3v) is 5.31. The van der Waals surface area contributed by atoms with Crippen molar-refractivity contribution in [1.82, 2.24) is 14.9 Å². The van der Waals surface area contributed by atoms with Gasteiger partial charge in [0.15, 0.2) is 11.5 Å². The highest BCUT2D eigenvalue weighted by molar-refractivity contribution is 7.89. The monoisotopic (exact) mass is 405 g/mol. The summed E-state index contributed by atoms with van der Waals surface area (Å²) < 4.78 is 47.8. The predicted octanol–water partition coefficient (Wildman–Crippen LogP) is 2.24. The molecule has 0 aliphatic heterocycles. The number of nitrogens with zero attached hydrogens (tertiary/aromatic N) is 2. The zero-order chi connectivity index (χ0) is 20.1. The van der Waals surface area contributed by atoms with E-state index in [1.54, 1.807) is 37.4 Å². The van der Waals surface area contributed by atoms with Gasteiger partial charge in [0.05, 0.1) is 32.8 Å². The van der Waals surface area contributed by atoms with Crippen molar-refractivity contribution in [1.29, 1.82) is 0 Å². The van der Waals surface area contributed by atoms with Gasteiger partial charge in [-0.3, -0.25) is 0 Å². The fourth-order valence-corrected chi connectivity index (χ4v) is 3.39. The molecule has 0 amide bonds. The molecule has 9 nitrogen and oxygen atoms in total. The van der Waals surface area contributed by atoms with Crippen LogP contribution in [-0.4, -0.2) is 39.9 Å². The SMILES string of the molecule is COc1ccc(S(=O)(=O)NCc2nc(-c3ccc(OC)c(OC)c3)no2)cc1. The van der Waals surface area contributed by atoms with Gasteiger partial charge in [-0.2, -0.15) is 4.98 Å². The Bertz CT molecular complexity index is 1050. The Morgan fingerprint density at radius 3 is 2.32 bits per heavy atom. The maximum atomic E-state index is 12.4. The average molecular weight is 405 g/mol. The van der Waals surface area contributed by atoms with E-state index in [2.05, 4.69) is 14.9 Å². The number of benzene rings is 2. The lowest BCUT2D eigenvalue weighted by molar-refractivity contribution is 0.355. The van der Waals surface area contributed by atoms with Crippen molar-refractivity contribution in [2.75, 3.05) is 21.3 Å². The smallest absolute Gasteiger partial charge is 0.242 e. The summed E-state index contributed by atoms with van der Waals surface area (Å²) in [7, 11) is 0.845. The van der Waals surface area contributed by atoms with E-state index < -0.39 is 10.0 Å². The number of methoxy groups -OCH3 is 3. The standard InChI is InChI=1S/C18H19N3O6S/c1-24-13-5-7-14(8-6-13)28(22,23)19-11-17-20-18(21-27-17)12-4-9-15(25-2)16(10-12)26-3/h4-10,19H,11H2,1-3H3. The fraction of sp³-hybridized carbons (Fsp3) is 0.222. The second-order valence-corrected chi connectivity index (χ2v) is 7.35. The van der Waals surface area contributed by atoms with Crippen LogP contribution >= 0.6 is 0 Å². The molecule has 0 saturated carbocycles. The van der Waals surface area contributed by atoms with Crippen molar-refractivity contribution < 1.29 is 27.2 Å². The number of hydrogen-bond acceptors (Lipinski definition) is 8. The Balaban J connectivity index is 1.72. The summed E-state index contributed by atoms with van der Waals surface area (Å²) in [5.74, 6) is 2.09. The van der Waals surface area contributed by atoms with Gasteiger partial charge >= 0.3 is 0 Å². The molecule has 1 N–H and O–H groups in total. The van der Waals surface area contributed by atoms with E-state index in [1.807, 2.05) is 0 Å². The minimum absolute atomic E-state index is 0.105. The van der Waals surface area contributed by atoms with Crippen LogP contribution in [0.15, 0.2) is 51.9 Å². The van der Waals surface area contributed by atoms with E-state index in [0.29, 0.717) is 28.6 Å². The molecule has 148 valence electrons. The van der Waals surface area contributed by atoms with Crippen LogP contribution in [-0.2, 0) is 16.6 Å². The molecule has 0 fully saturated rings. The van der Waals surface area contributed by atoms with Gasteiger partial charge in [0, 0.05) is 5.56 Å². The summed E-state index contributed by atoms with van der Waals surface area (Å²) in [6, 6.07) is 11.2. The Hall–Kier alpha value is -3.11. The lowest BCUT2D eigenvalue weighted by Crippen LogP contribution is -2.23. The molecule has 0 saturated heterocycles. The minimum Gasteiger partial charge on any atom is -0.497 e. The highest BCUT2D eigenvalue weighted by Gasteiger charge is 2.17. The molecule has 3 aromatic rings. The van der Waals surface area contributed by atoms with E-state index in [0.717, 1.165) is 0 Å². The first-order valence-corrected chi connectivity index (χ1v) is 9.64. The molecule has 0 unspecified atom stereocenters. The largest absolute Gasteiger partial charge is 0.497 e. The van der Waals surface area contributed by atoms with Gasteiger partial charge in [-0.25, -0.2) is 13.1 Å². The van der Waals surface area contributed by atoms with Crippen molar-refractivity contribution >= 4 is 10.0 Å². The van der Waals surface area contributed by atoms with Gasteiger partial charge in [0.25, 0.3) is 0 Å². The van der Waals surface area contributed by atoms with Crippen LogP contribution in [0.4, 0.5) is 0 Å². The summed E-state index contributed by atoms with van der Waals surface area (Å²) in [5.41, 5.74) is 0.644. The number of aromatic nitrogens is 2. The maximum Gasteiger partial charge on any atom is 0.242 e. The van der Waals surface area contributed by atoms with E-state index in [9.17, 15) is 8.42 Å². The normalized spacial score (nSPS) is 11.2. The van der Waals surface area contributed by atoms with Crippen molar-refractivity contribution in [2.24, 2.45) is 0 Å². The summed E-state index contributed by atoms with van der Waals surface area (Å²) in [6.07, 6.45) is 0. The van der Waals surface area contributed by atoms with E-state index in [-0.39, 0.29) is 17.3 Å². The lowest BCUT2D eigenvalue weighted by atomic mass is 10.2. The van der Waals surface area contributed by atoms with E-state index >= 15 is 0 Å². The zero-order valence-electron chi connectivity index (χ0n) is 15.5. The molecule has 3 rings (SSSR count). The van der Waals surface area contributed by atoms with Crippen molar-refractivity contribution in [3.63, 3.8) is 0 Å². The van der Waals surface area contributed by atoms with Gasteiger partial charge < -0.3 is 18.7 Å². The highest BCUT2D eigenvalue weighted by atomic mass is 32.2. The van der Waals surface area contributed by atoms with Gasteiger partial charge in [-0.15, -0.1) is 0 Å². The number of ether oxygens (including phenoxy) is 3. The van der Waals surface area contributed by atoms with Crippen LogP contribution in [0.1, 0.15) is 5.89 Å². The predicted molar refractivity (Wildman–Crippen MR) is 99.9 cm³/mol. The Morgan fingerprint density at radius 1 is 0.964 bits per heavy atom. The van der Waals surface area contributed by atoms with Gasteiger partial charge in [-0.1, -0.05) is 5.16 Å². The average Bonchev–Trinajstić information content (AvgIpc) is 3.21. The van der Waals surface area contributed by atoms with Crippen LogP contribution in [0.25, 0.3) is 11.4 Å². The fourth-order valence-electron chi connectivity index (χ4n) is 2.41. The quantitative estimate of drug-likeness (QED) is 0.607. The first-order chi connectivity index (χ1) is 13.5. The van der Waals surface area contributed by atoms with Crippen LogP contribution in [0.3, 0.4) is 0 Å². The molecule has 0 radical (unpaired) electrons. The van der Waals surface area contributed by atoms with E-state index in [4.69, 9.17) is 18.7 Å². The van der Waals surface area contributed by atoms with Crippen LogP contribution in [0.5, 0.6) is 17.2 Å². The molecular formula is C18H19N3O6S. The molecule has 0 atom stereocenters. The van der Waals surface area contributed by atoms with Crippen LogP contribution < -0.4 is 18.9 Å². The van der Waals surface area contributed by atoms with Crippen LogP contribution in [0.2, 0.25) is 0 Å². The molecule has 28 heavy (non-hydrogen) atoms. The Morgan fingerprint density at radius 2 is 1.68 bits per heavy atom. The molecule has 0 bridgehead atoms. The summed E-state index contributed by atoms with van der Waals surface area (Å²) in [6.45, 7) is -0.144. The topological polar surface area (TPSA) is 113 Å². The highest BCUT2D eigenvalue weighted by Crippen LogP contribution is 2.31. The van der Waals surface area contributed by atoms with Gasteiger partial charge in [0.2, 0.25) is 21.7 Å². The van der Waals surface area contributed by atoms with Crippen LogP contribution in [0, 0.1) is 0 Å². The number of hydrogen-bond donors (Lipinski definition) is 1. The Labute approximate surface area is 162 Å². The minimum atomic E-state index is -3.73. The molecule has 0 aliphatic rings. The number of sulfonamides is 1. The van der Waals surface area contributed by atoms with E-state index in [1.165, 1.54) is 26.4 Å².